The number of hydrogen-bond donors (Lipinski definition) is 2. The molecule has 1 heterocycles. The van der Waals surface area contributed by atoms with Gasteiger partial charge in [0.2, 0.25) is 0 Å². The van der Waals surface area contributed by atoms with E-state index in [4.69, 9.17) is 0 Å². The van der Waals surface area contributed by atoms with Crippen molar-refractivity contribution >= 4 is 23.2 Å². The first-order valence-corrected chi connectivity index (χ1v) is 10.9. The Morgan fingerprint density at radius 3 is 2.17 bits per heavy atom. The van der Waals surface area contributed by atoms with Crippen molar-refractivity contribution in [2.24, 2.45) is 0 Å². The number of amides is 2. The molecular weight excluding hydrogens is 374 g/mol. The predicted octanol–water partition coefficient (Wildman–Crippen LogP) is 4.29. The van der Waals surface area contributed by atoms with Gasteiger partial charge in [-0.25, -0.2) is 0 Å². The van der Waals surface area contributed by atoms with Crippen LogP contribution in [-0.4, -0.2) is 31.4 Å². The molecule has 160 valence electrons. The number of anilines is 2. The number of piperidine rings is 1. The van der Waals surface area contributed by atoms with Gasteiger partial charge in [0.15, 0.2) is 0 Å². The Labute approximate surface area is 179 Å². The number of aryl methyl sites for hydroxylation is 4. The van der Waals surface area contributed by atoms with Crippen LogP contribution in [0.5, 0.6) is 0 Å². The van der Waals surface area contributed by atoms with E-state index in [0.717, 1.165) is 48.3 Å². The molecule has 5 heteroatoms. The summed E-state index contributed by atoms with van der Waals surface area (Å²) in [6.07, 6.45) is 5.56. The molecule has 3 rings (SSSR count). The first-order chi connectivity index (χ1) is 14.4. The van der Waals surface area contributed by atoms with E-state index in [2.05, 4.69) is 39.8 Å². The highest BCUT2D eigenvalue weighted by Crippen LogP contribution is 2.22. The number of carbonyl (C=O) groups excluding carboxylic acids is 2. The molecule has 0 atom stereocenters. The molecule has 30 heavy (non-hydrogen) atoms. The standard InChI is InChI=1S/C25H33N3O2/c1-18-16-19(2)23(20(3)17-18)27-25(30)24(29)26-13-7-8-21-9-11-22(12-10-21)28-14-5-4-6-15-28/h9-12,16-17H,4-8,13-15H2,1-3H3,(H,26,29)(H,27,30). The number of hydrogen-bond acceptors (Lipinski definition) is 3. The van der Waals surface area contributed by atoms with E-state index < -0.39 is 11.8 Å². The van der Waals surface area contributed by atoms with Crippen molar-refractivity contribution in [1.29, 1.82) is 0 Å². The zero-order chi connectivity index (χ0) is 21.5. The molecule has 2 aromatic carbocycles. The van der Waals surface area contributed by atoms with E-state index >= 15 is 0 Å². The number of carbonyl (C=O) groups is 2. The van der Waals surface area contributed by atoms with Crippen LogP contribution in [0.2, 0.25) is 0 Å². The van der Waals surface area contributed by atoms with E-state index in [9.17, 15) is 9.59 Å². The van der Waals surface area contributed by atoms with E-state index in [-0.39, 0.29) is 0 Å². The van der Waals surface area contributed by atoms with Gasteiger partial charge < -0.3 is 15.5 Å². The van der Waals surface area contributed by atoms with Gasteiger partial charge in [0.1, 0.15) is 0 Å². The lowest BCUT2D eigenvalue weighted by molar-refractivity contribution is -0.136. The minimum Gasteiger partial charge on any atom is -0.372 e. The molecule has 0 spiro atoms. The maximum Gasteiger partial charge on any atom is 0.313 e. The second-order valence-corrected chi connectivity index (χ2v) is 8.30. The van der Waals surface area contributed by atoms with Crippen molar-refractivity contribution in [2.45, 2.75) is 52.9 Å². The van der Waals surface area contributed by atoms with Crippen molar-refractivity contribution in [3.63, 3.8) is 0 Å². The molecule has 0 bridgehead atoms. The lowest BCUT2D eigenvalue weighted by Gasteiger charge is -2.28. The number of nitrogens with zero attached hydrogens (tertiary/aromatic N) is 1. The fourth-order valence-corrected chi connectivity index (χ4v) is 4.15. The van der Waals surface area contributed by atoms with Gasteiger partial charge in [-0.05, 0) is 81.7 Å². The molecule has 0 aromatic heterocycles. The van der Waals surface area contributed by atoms with Crippen LogP contribution in [0, 0.1) is 20.8 Å². The van der Waals surface area contributed by atoms with Crippen LogP contribution in [0.4, 0.5) is 11.4 Å². The summed E-state index contributed by atoms with van der Waals surface area (Å²) < 4.78 is 0. The summed E-state index contributed by atoms with van der Waals surface area (Å²) in [7, 11) is 0. The van der Waals surface area contributed by atoms with Gasteiger partial charge in [0.05, 0.1) is 0 Å². The van der Waals surface area contributed by atoms with Crippen LogP contribution in [-0.2, 0) is 16.0 Å². The summed E-state index contributed by atoms with van der Waals surface area (Å²) in [5.41, 5.74) is 6.32. The Balaban J connectivity index is 1.41. The molecule has 0 saturated carbocycles. The summed E-state index contributed by atoms with van der Waals surface area (Å²) in [5.74, 6) is -1.20. The zero-order valence-electron chi connectivity index (χ0n) is 18.4. The first kappa shape index (κ1) is 21.9. The summed E-state index contributed by atoms with van der Waals surface area (Å²) in [6.45, 7) is 8.66. The van der Waals surface area contributed by atoms with Crippen LogP contribution in [0.1, 0.15) is 47.9 Å². The first-order valence-electron chi connectivity index (χ1n) is 10.9. The lowest BCUT2D eigenvalue weighted by Crippen LogP contribution is -2.36. The fraction of sp³-hybridized carbons (Fsp3) is 0.440. The second-order valence-electron chi connectivity index (χ2n) is 8.30. The molecule has 5 nitrogen and oxygen atoms in total. The van der Waals surface area contributed by atoms with Crippen LogP contribution in [0.3, 0.4) is 0 Å². The van der Waals surface area contributed by atoms with E-state index in [1.54, 1.807) is 0 Å². The van der Waals surface area contributed by atoms with Crippen molar-refractivity contribution < 1.29 is 9.59 Å². The molecule has 0 unspecified atom stereocenters. The molecule has 2 amide bonds. The lowest BCUT2D eigenvalue weighted by atomic mass is 10.1. The van der Waals surface area contributed by atoms with Gasteiger partial charge >= 0.3 is 11.8 Å². The summed E-state index contributed by atoms with van der Waals surface area (Å²) in [4.78, 5) is 26.8. The highest BCUT2D eigenvalue weighted by molar-refractivity contribution is 6.39. The smallest absolute Gasteiger partial charge is 0.313 e. The fourth-order valence-electron chi connectivity index (χ4n) is 4.15. The third-order valence-electron chi connectivity index (χ3n) is 5.71. The highest BCUT2D eigenvalue weighted by Gasteiger charge is 2.15. The third-order valence-corrected chi connectivity index (χ3v) is 5.71. The topological polar surface area (TPSA) is 61.4 Å². The Morgan fingerprint density at radius 2 is 1.53 bits per heavy atom. The summed E-state index contributed by atoms with van der Waals surface area (Å²) in [5, 5.41) is 5.47. The normalized spacial score (nSPS) is 13.8. The number of rotatable bonds is 6. The van der Waals surface area contributed by atoms with Gasteiger partial charge in [0, 0.05) is 31.0 Å². The maximum absolute atomic E-state index is 12.2. The van der Waals surface area contributed by atoms with Crippen LogP contribution in [0.15, 0.2) is 36.4 Å². The molecule has 1 aliphatic rings. The van der Waals surface area contributed by atoms with Gasteiger partial charge in [-0.3, -0.25) is 9.59 Å². The number of benzene rings is 2. The molecule has 1 aliphatic heterocycles. The average molecular weight is 408 g/mol. The Morgan fingerprint density at radius 1 is 0.900 bits per heavy atom. The minimum absolute atomic E-state index is 0.478. The quantitative estimate of drug-likeness (QED) is 0.555. The molecule has 0 radical (unpaired) electrons. The van der Waals surface area contributed by atoms with Crippen molar-refractivity contribution in [3.8, 4) is 0 Å². The van der Waals surface area contributed by atoms with E-state index in [0.29, 0.717) is 6.54 Å². The Hall–Kier alpha value is -2.82. The van der Waals surface area contributed by atoms with Gasteiger partial charge in [0.25, 0.3) is 0 Å². The zero-order valence-corrected chi connectivity index (χ0v) is 18.4. The Bertz CT molecular complexity index is 861. The third kappa shape index (κ3) is 5.85. The van der Waals surface area contributed by atoms with E-state index in [1.807, 2.05) is 32.9 Å². The van der Waals surface area contributed by atoms with Crippen molar-refractivity contribution in [1.82, 2.24) is 5.32 Å². The van der Waals surface area contributed by atoms with Crippen molar-refractivity contribution in [3.05, 3.63) is 58.7 Å². The molecule has 2 aromatic rings. The van der Waals surface area contributed by atoms with Crippen LogP contribution < -0.4 is 15.5 Å². The van der Waals surface area contributed by atoms with Crippen molar-refractivity contribution in [2.75, 3.05) is 29.9 Å². The minimum atomic E-state index is -0.615. The second kappa shape index (κ2) is 10.3. The molecule has 0 aliphatic carbocycles. The van der Waals surface area contributed by atoms with Crippen LogP contribution in [0.25, 0.3) is 0 Å². The monoisotopic (exact) mass is 407 g/mol. The summed E-state index contributed by atoms with van der Waals surface area (Å²) >= 11 is 0. The molecule has 1 fully saturated rings. The Kier molecular flexibility index (Phi) is 7.50. The SMILES string of the molecule is Cc1cc(C)c(NC(=O)C(=O)NCCCc2ccc(N3CCCCC3)cc2)c(C)c1. The van der Waals surface area contributed by atoms with Gasteiger partial charge in [-0.2, -0.15) is 0 Å². The van der Waals surface area contributed by atoms with Gasteiger partial charge in [-0.15, -0.1) is 0 Å². The van der Waals surface area contributed by atoms with Gasteiger partial charge in [-0.1, -0.05) is 29.8 Å². The van der Waals surface area contributed by atoms with E-state index in [1.165, 1.54) is 30.5 Å². The average Bonchev–Trinajstić information content (AvgIpc) is 2.74. The molecule has 2 N–H and O–H groups in total. The largest absolute Gasteiger partial charge is 0.372 e. The predicted molar refractivity (Wildman–Crippen MR) is 123 cm³/mol. The van der Waals surface area contributed by atoms with Crippen LogP contribution >= 0.6 is 0 Å². The highest BCUT2D eigenvalue weighted by atomic mass is 16.2. The maximum atomic E-state index is 12.2. The number of nitrogens with one attached hydrogen (secondary N) is 2. The molecule has 1 saturated heterocycles. The summed E-state index contributed by atoms with van der Waals surface area (Å²) in [6, 6.07) is 12.7. The molecular formula is C25H33N3O2.